The second-order valence-corrected chi connectivity index (χ2v) is 5.06. The van der Waals surface area contributed by atoms with Crippen molar-refractivity contribution in [2.75, 3.05) is 25.0 Å². The lowest BCUT2D eigenvalue weighted by atomic mass is 10.0. The molecule has 1 N–H and O–H groups in total. The second kappa shape index (κ2) is 6.02. The fraction of sp³-hybridized carbons (Fsp3) is 0.571. The van der Waals surface area contributed by atoms with Crippen molar-refractivity contribution in [2.45, 2.75) is 32.7 Å². The Morgan fingerprint density at radius 2 is 2.11 bits per heavy atom. The van der Waals surface area contributed by atoms with Crippen LogP contribution in [-0.4, -0.2) is 35.5 Å². The highest BCUT2D eigenvalue weighted by atomic mass is 16.6. The Morgan fingerprint density at radius 3 is 2.68 bits per heavy atom. The van der Waals surface area contributed by atoms with E-state index in [2.05, 4.69) is 17.1 Å². The lowest BCUT2D eigenvalue weighted by molar-refractivity contribution is -0.385. The van der Waals surface area contributed by atoms with Crippen LogP contribution >= 0.6 is 0 Å². The van der Waals surface area contributed by atoms with E-state index in [1.165, 1.54) is 0 Å². The first-order chi connectivity index (χ1) is 9.11. The molecule has 5 nitrogen and oxygen atoms in total. The normalized spacial score (nSPS) is 17.4. The van der Waals surface area contributed by atoms with Crippen molar-refractivity contribution in [3.8, 4) is 0 Å². The zero-order valence-electron chi connectivity index (χ0n) is 11.6. The average molecular weight is 263 g/mol. The molecule has 19 heavy (non-hydrogen) atoms. The number of nitro benzene ring substituents is 1. The lowest BCUT2D eigenvalue weighted by Crippen LogP contribution is -2.38. The molecule has 104 valence electrons. The maximum absolute atomic E-state index is 10.9. The first-order valence-corrected chi connectivity index (χ1v) is 6.84. The molecule has 1 aliphatic heterocycles. The number of hydrogen-bond donors (Lipinski definition) is 1. The van der Waals surface area contributed by atoms with Crippen LogP contribution < -0.4 is 5.32 Å². The van der Waals surface area contributed by atoms with Crippen molar-refractivity contribution in [3.63, 3.8) is 0 Å². The molecule has 1 aromatic carbocycles. The van der Waals surface area contributed by atoms with E-state index in [9.17, 15) is 10.1 Å². The summed E-state index contributed by atoms with van der Waals surface area (Å²) >= 11 is 0. The molecule has 0 radical (unpaired) electrons. The molecule has 0 saturated carbocycles. The van der Waals surface area contributed by atoms with E-state index in [1.54, 1.807) is 12.1 Å². The van der Waals surface area contributed by atoms with Crippen LogP contribution in [0.5, 0.6) is 0 Å². The van der Waals surface area contributed by atoms with Crippen LogP contribution in [0.1, 0.15) is 25.3 Å². The second-order valence-electron chi connectivity index (χ2n) is 5.06. The Labute approximate surface area is 113 Å². The van der Waals surface area contributed by atoms with Crippen LogP contribution in [0.2, 0.25) is 0 Å². The predicted octanol–water partition coefficient (Wildman–Crippen LogP) is 2.80. The molecule has 1 aliphatic rings. The third kappa shape index (κ3) is 3.23. The van der Waals surface area contributed by atoms with Crippen molar-refractivity contribution in [3.05, 3.63) is 33.9 Å². The van der Waals surface area contributed by atoms with Gasteiger partial charge < -0.3 is 10.2 Å². The number of rotatable bonds is 4. The van der Waals surface area contributed by atoms with E-state index >= 15 is 0 Å². The first-order valence-electron chi connectivity index (χ1n) is 6.84. The van der Waals surface area contributed by atoms with Gasteiger partial charge >= 0.3 is 0 Å². The standard InChI is InChI=1S/C14H21N3O2/c1-3-16-9-7-12(8-10-16)15-13-5-4-6-14(11(13)2)17(18)19/h4-6,12,15H,3,7-10H2,1-2H3. The highest BCUT2D eigenvalue weighted by molar-refractivity contribution is 5.60. The summed E-state index contributed by atoms with van der Waals surface area (Å²) < 4.78 is 0. The van der Waals surface area contributed by atoms with E-state index in [1.807, 2.05) is 13.0 Å². The molecule has 1 fully saturated rings. The van der Waals surface area contributed by atoms with Gasteiger partial charge in [0, 0.05) is 36.4 Å². The summed E-state index contributed by atoms with van der Waals surface area (Å²) in [6.07, 6.45) is 2.19. The molecule has 0 bridgehead atoms. The molecule has 1 aromatic rings. The average Bonchev–Trinajstić information content (AvgIpc) is 2.41. The summed E-state index contributed by atoms with van der Waals surface area (Å²) in [5.74, 6) is 0. The zero-order chi connectivity index (χ0) is 13.8. The molecule has 0 aromatic heterocycles. The topological polar surface area (TPSA) is 58.4 Å². The van der Waals surface area contributed by atoms with E-state index in [0.29, 0.717) is 6.04 Å². The highest BCUT2D eigenvalue weighted by Crippen LogP contribution is 2.27. The van der Waals surface area contributed by atoms with Crippen LogP contribution in [0.3, 0.4) is 0 Å². The Balaban J connectivity index is 2.04. The maximum atomic E-state index is 10.9. The number of likely N-dealkylation sites (tertiary alicyclic amines) is 1. The van der Waals surface area contributed by atoms with Gasteiger partial charge in [-0.3, -0.25) is 10.1 Å². The monoisotopic (exact) mass is 263 g/mol. The van der Waals surface area contributed by atoms with Crippen LogP contribution in [0.25, 0.3) is 0 Å². The molecule has 1 heterocycles. The molecular formula is C14H21N3O2. The third-order valence-electron chi connectivity index (χ3n) is 3.90. The molecule has 1 saturated heterocycles. The Kier molecular flexibility index (Phi) is 4.37. The van der Waals surface area contributed by atoms with Crippen LogP contribution in [0.4, 0.5) is 11.4 Å². The number of anilines is 1. The van der Waals surface area contributed by atoms with Crippen molar-refractivity contribution in [1.29, 1.82) is 0 Å². The van der Waals surface area contributed by atoms with Gasteiger partial charge in [0.15, 0.2) is 0 Å². The minimum atomic E-state index is -0.319. The minimum absolute atomic E-state index is 0.191. The van der Waals surface area contributed by atoms with Gasteiger partial charge in [-0.25, -0.2) is 0 Å². The summed E-state index contributed by atoms with van der Waals surface area (Å²) in [5.41, 5.74) is 1.81. The lowest BCUT2D eigenvalue weighted by Gasteiger charge is -2.32. The molecule has 0 atom stereocenters. The quantitative estimate of drug-likeness (QED) is 0.670. The van der Waals surface area contributed by atoms with Crippen molar-refractivity contribution >= 4 is 11.4 Å². The predicted molar refractivity (Wildman–Crippen MR) is 76.6 cm³/mol. The fourth-order valence-electron chi connectivity index (χ4n) is 2.59. The Morgan fingerprint density at radius 1 is 1.42 bits per heavy atom. The fourth-order valence-corrected chi connectivity index (χ4v) is 2.59. The number of hydrogen-bond acceptors (Lipinski definition) is 4. The molecule has 0 unspecified atom stereocenters. The first kappa shape index (κ1) is 13.8. The number of benzene rings is 1. The van der Waals surface area contributed by atoms with Gasteiger partial charge in [0.25, 0.3) is 5.69 Å². The highest BCUT2D eigenvalue weighted by Gasteiger charge is 2.20. The molecule has 5 heteroatoms. The van der Waals surface area contributed by atoms with Gasteiger partial charge in [-0.05, 0) is 32.4 Å². The summed E-state index contributed by atoms with van der Waals surface area (Å²) in [7, 11) is 0. The number of nitro groups is 1. The minimum Gasteiger partial charge on any atom is -0.382 e. The Bertz CT molecular complexity index is 454. The van der Waals surface area contributed by atoms with Gasteiger partial charge in [-0.2, -0.15) is 0 Å². The van der Waals surface area contributed by atoms with Gasteiger partial charge in [0.05, 0.1) is 4.92 Å². The van der Waals surface area contributed by atoms with Crippen molar-refractivity contribution in [2.24, 2.45) is 0 Å². The number of nitrogens with zero attached hydrogens (tertiary/aromatic N) is 2. The van der Waals surface area contributed by atoms with Gasteiger partial charge in [0.1, 0.15) is 0 Å². The molecule has 2 rings (SSSR count). The van der Waals surface area contributed by atoms with Gasteiger partial charge in [-0.15, -0.1) is 0 Å². The summed E-state index contributed by atoms with van der Waals surface area (Å²) in [6, 6.07) is 5.65. The van der Waals surface area contributed by atoms with Crippen LogP contribution in [0.15, 0.2) is 18.2 Å². The summed E-state index contributed by atoms with van der Waals surface area (Å²) in [6.45, 7) is 7.28. The van der Waals surface area contributed by atoms with Gasteiger partial charge in [-0.1, -0.05) is 13.0 Å². The van der Waals surface area contributed by atoms with Gasteiger partial charge in [0.2, 0.25) is 0 Å². The van der Waals surface area contributed by atoms with Crippen LogP contribution in [-0.2, 0) is 0 Å². The summed E-state index contributed by atoms with van der Waals surface area (Å²) in [4.78, 5) is 13.0. The number of nitrogens with one attached hydrogen (secondary N) is 1. The molecule has 0 amide bonds. The van der Waals surface area contributed by atoms with E-state index < -0.39 is 0 Å². The summed E-state index contributed by atoms with van der Waals surface area (Å²) in [5, 5.41) is 14.4. The van der Waals surface area contributed by atoms with Crippen molar-refractivity contribution in [1.82, 2.24) is 4.90 Å². The van der Waals surface area contributed by atoms with Crippen LogP contribution in [0, 0.1) is 17.0 Å². The van der Waals surface area contributed by atoms with E-state index in [0.717, 1.165) is 43.7 Å². The molecular weight excluding hydrogens is 242 g/mol. The van der Waals surface area contributed by atoms with Crippen molar-refractivity contribution < 1.29 is 4.92 Å². The zero-order valence-corrected chi connectivity index (χ0v) is 11.6. The third-order valence-corrected chi connectivity index (χ3v) is 3.90. The molecule has 0 spiro atoms. The smallest absolute Gasteiger partial charge is 0.274 e. The maximum Gasteiger partial charge on any atom is 0.274 e. The van der Waals surface area contributed by atoms with E-state index in [-0.39, 0.29) is 10.6 Å². The SMILES string of the molecule is CCN1CCC(Nc2cccc([N+](=O)[O-])c2C)CC1. The number of piperidine rings is 1. The largest absolute Gasteiger partial charge is 0.382 e. The Hall–Kier alpha value is -1.62. The van der Waals surface area contributed by atoms with E-state index in [4.69, 9.17) is 0 Å². The molecule has 0 aliphatic carbocycles.